The topological polar surface area (TPSA) is 50.2 Å². The molecule has 0 fully saturated rings. The number of rotatable bonds is 3. The largest absolute Gasteiger partial charge is 0.382 e. The Kier molecular flexibility index (Phi) is 3.18. The van der Waals surface area contributed by atoms with Gasteiger partial charge in [-0.15, -0.1) is 0 Å². The van der Waals surface area contributed by atoms with E-state index >= 15 is 0 Å². The summed E-state index contributed by atoms with van der Waals surface area (Å²) in [5.74, 6) is -0.243. The molecule has 2 aromatic rings. The highest BCUT2D eigenvalue weighted by Crippen LogP contribution is 2.20. The zero-order valence-corrected chi connectivity index (χ0v) is 10.9. The summed E-state index contributed by atoms with van der Waals surface area (Å²) in [6.45, 7) is 5.27. The molecule has 0 spiro atoms. The lowest BCUT2D eigenvalue weighted by Gasteiger charge is -2.19. The summed E-state index contributed by atoms with van der Waals surface area (Å²) < 4.78 is 0. The summed E-state index contributed by atoms with van der Waals surface area (Å²) in [4.78, 5) is 16.5. The van der Waals surface area contributed by atoms with E-state index in [0.717, 1.165) is 16.6 Å². The van der Waals surface area contributed by atoms with Gasteiger partial charge in [0.15, 0.2) is 5.78 Å². The first-order valence-corrected chi connectivity index (χ1v) is 6.08. The number of hydrogen-bond acceptors (Lipinski definition) is 3. The predicted octanol–water partition coefficient (Wildman–Crippen LogP) is 2.89. The van der Waals surface area contributed by atoms with Crippen LogP contribution in [-0.4, -0.2) is 21.5 Å². The third-order valence-electron chi connectivity index (χ3n) is 3.27. The molecule has 0 saturated carbocycles. The van der Waals surface area contributed by atoms with Crippen molar-refractivity contribution in [3.05, 3.63) is 41.6 Å². The van der Waals surface area contributed by atoms with Gasteiger partial charge in [-0.25, -0.2) is 0 Å². The average Bonchev–Trinajstić information content (AvgIpc) is 2.37. The third-order valence-corrected chi connectivity index (χ3v) is 3.27. The summed E-state index contributed by atoms with van der Waals surface area (Å²) in [6.07, 6.45) is 0.399. The van der Waals surface area contributed by atoms with Crippen molar-refractivity contribution in [2.45, 2.75) is 32.8 Å². The van der Waals surface area contributed by atoms with E-state index in [1.165, 1.54) is 0 Å². The number of aliphatic hydroxyl groups is 1. The number of ketones is 1. The van der Waals surface area contributed by atoms with Gasteiger partial charge in [-0.3, -0.25) is 9.78 Å². The van der Waals surface area contributed by atoms with Crippen molar-refractivity contribution in [2.24, 2.45) is 0 Å². The first-order chi connectivity index (χ1) is 8.44. The van der Waals surface area contributed by atoms with E-state index in [-0.39, 0.29) is 5.78 Å². The number of benzene rings is 1. The predicted molar refractivity (Wildman–Crippen MR) is 71.7 cm³/mol. The molecule has 18 heavy (non-hydrogen) atoms. The van der Waals surface area contributed by atoms with Crippen molar-refractivity contribution >= 4 is 16.7 Å². The number of Topliss-reactive ketones (excluding diaryl/α,β-unsaturated/α-hetero) is 1. The molecule has 0 radical (unpaired) electrons. The first kappa shape index (κ1) is 12.7. The second-order valence-corrected chi connectivity index (χ2v) is 4.82. The van der Waals surface area contributed by atoms with Gasteiger partial charge in [0.05, 0.1) is 5.52 Å². The number of nitrogens with zero attached hydrogens (tertiary/aromatic N) is 1. The number of carbonyl (C=O) groups excluding carboxylic acids is 1. The fourth-order valence-corrected chi connectivity index (χ4v) is 1.84. The molecule has 2 rings (SSSR count). The zero-order chi connectivity index (χ0) is 13.3. The van der Waals surface area contributed by atoms with Crippen LogP contribution in [0.3, 0.4) is 0 Å². The van der Waals surface area contributed by atoms with Crippen LogP contribution in [0.15, 0.2) is 30.3 Å². The van der Waals surface area contributed by atoms with Gasteiger partial charge in [-0.2, -0.15) is 0 Å². The smallest absolute Gasteiger partial charge is 0.194 e. The molecule has 1 aromatic carbocycles. The van der Waals surface area contributed by atoms with Crippen LogP contribution < -0.4 is 0 Å². The minimum Gasteiger partial charge on any atom is -0.382 e. The van der Waals surface area contributed by atoms with E-state index in [1.54, 1.807) is 26.0 Å². The van der Waals surface area contributed by atoms with Crippen LogP contribution in [0.25, 0.3) is 10.9 Å². The lowest BCUT2D eigenvalue weighted by Crippen LogP contribution is -2.34. The first-order valence-electron chi connectivity index (χ1n) is 6.08. The minimum absolute atomic E-state index is 0.243. The van der Waals surface area contributed by atoms with Crippen LogP contribution in [-0.2, 0) is 0 Å². The lowest BCUT2D eigenvalue weighted by molar-refractivity contribution is 0.0391. The molecule has 0 saturated heterocycles. The number of aromatic nitrogens is 1. The van der Waals surface area contributed by atoms with Crippen LogP contribution in [0.2, 0.25) is 0 Å². The van der Waals surface area contributed by atoms with Crippen molar-refractivity contribution in [1.29, 1.82) is 0 Å². The molecule has 1 aromatic heterocycles. The van der Waals surface area contributed by atoms with E-state index in [1.807, 2.05) is 25.1 Å². The quantitative estimate of drug-likeness (QED) is 0.843. The maximum Gasteiger partial charge on any atom is 0.194 e. The van der Waals surface area contributed by atoms with E-state index in [9.17, 15) is 9.90 Å². The molecule has 94 valence electrons. The normalized spacial score (nSPS) is 14.4. The molecular formula is C15H17NO2. The van der Waals surface area contributed by atoms with Crippen molar-refractivity contribution in [1.82, 2.24) is 4.98 Å². The van der Waals surface area contributed by atoms with Crippen LogP contribution >= 0.6 is 0 Å². The Hall–Kier alpha value is -1.74. The number of carbonyl (C=O) groups is 1. The van der Waals surface area contributed by atoms with E-state index in [2.05, 4.69) is 4.98 Å². The maximum absolute atomic E-state index is 12.1. The second-order valence-electron chi connectivity index (χ2n) is 4.82. The highest BCUT2D eigenvalue weighted by Gasteiger charge is 2.28. The van der Waals surface area contributed by atoms with Gasteiger partial charge >= 0.3 is 0 Å². The van der Waals surface area contributed by atoms with Gasteiger partial charge < -0.3 is 5.11 Å². The highest BCUT2D eigenvalue weighted by molar-refractivity contribution is 6.04. The Morgan fingerprint density at radius 1 is 1.33 bits per heavy atom. The molecule has 1 unspecified atom stereocenters. The summed E-state index contributed by atoms with van der Waals surface area (Å²) in [5.41, 5.74) is 1.04. The molecule has 0 aliphatic rings. The van der Waals surface area contributed by atoms with Crippen LogP contribution in [0.5, 0.6) is 0 Å². The lowest BCUT2D eigenvalue weighted by atomic mass is 9.92. The Balaban J connectivity index is 2.48. The van der Waals surface area contributed by atoms with Crippen LogP contribution in [0.1, 0.15) is 36.3 Å². The Morgan fingerprint density at radius 2 is 2.06 bits per heavy atom. The highest BCUT2D eigenvalue weighted by atomic mass is 16.3. The van der Waals surface area contributed by atoms with Crippen LogP contribution in [0.4, 0.5) is 0 Å². The fraction of sp³-hybridized carbons (Fsp3) is 0.333. The van der Waals surface area contributed by atoms with Crippen molar-refractivity contribution in [3.8, 4) is 0 Å². The minimum atomic E-state index is -1.30. The average molecular weight is 243 g/mol. The summed E-state index contributed by atoms with van der Waals surface area (Å²) in [6, 6.07) is 9.18. The Morgan fingerprint density at radius 3 is 2.72 bits per heavy atom. The standard InChI is InChI=1S/C15H17NO2/c1-4-15(3,18)14(17)12-7-8-13-11(9-12)6-5-10(2)16-13/h5-9,18H,4H2,1-3H3. The molecular weight excluding hydrogens is 226 g/mol. The number of fused-ring (bicyclic) bond motifs is 1. The molecule has 0 bridgehead atoms. The third kappa shape index (κ3) is 2.27. The second kappa shape index (κ2) is 4.50. The summed E-state index contributed by atoms with van der Waals surface area (Å²) >= 11 is 0. The monoisotopic (exact) mass is 243 g/mol. The molecule has 0 aliphatic heterocycles. The van der Waals surface area contributed by atoms with Gasteiger partial charge in [0, 0.05) is 16.6 Å². The fourth-order valence-electron chi connectivity index (χ4n) is 1.84. The molecule has 1 heterocycles. The van der Waals surface area contributed by atoms with Crippen molar-refractivity contribution < 1.29 is 9.90 Å². The van der Waals surface area contributed by atoms with Gasteiger partial charge in [-0.05, 0) is 44.5 Å². The van der Waals surface area contributed by atoms with E-state index < -0.39 is 5.60 Å². The van der Waals surface area contributed by atoms with Crippen molar-refractivity contribution in [2.75, 3.05) is 0 Å². The van der Waals surface area contributed by atoms with Gasteiger partial charge in [0.2, 0.25) is 0 Å². The van der Waals surface area contributed by atoms with Crippen molar-refractivity contribution in [3.63, 3.8) is 0 Å². The molecule has 1 N–H and O–H groups in total. The summed E-state index contributed by atoms with van der Waals surface area (Å²) in [5, 5.41) is 10.9. The number of pyridine rings is 1. The van der Waals surface area contributed by atoms with Gasteiger partial charge in [0.1, 0.15) is 5.60 Å². The molecule has 3 nitrogen and oxygen atoms in total. The molecule has 3 heteroatoms. The Labute approximate surface area is 106 Å². The molecule has 0 aliphatic carbocycles. The number of aryl methyl sites for hydroxylation is 1. The van der Waals surface area contributed by atoms with E-state index in [0.29, 0.717) is 12.0 Å². The Bertz CT molecular complexity index is 602. The molecule has 1 atom stereocenters. The van der Waals surface area contributed by atoms with Gasteiger partial charge in [0.25, 0.3) is 0 Å². The SMILES string of the molecule is CCC(C)(O)C(=O)c1ccc2nc(C)ccc2c1. The maximum atomic E-state index is 12.1. The molecule has 0 amide bonds. The number of hydrogen-bond donors (Lipinski definition) is 1. The van der Waals surface area contributed by atoms with E-state index in [4.69, 9.17) is 0 Å². The van der Waals surface area contributed by atoms with Gasteiger partial charge in [-0.1, -0.05) is 13.0 Å². The zero-order valence-electron chi connectivity index (χ0n) is 10.9. The van der Waals surface area contributed by atoms with Crippen LogP contribution in [0, 0.1) is 6.92 Å². The summed E-state index contributed by atoms with van der Waals surface area (Å²) in [7, 11) is 0.